The van der Waals surface area contributed by atoms with Gasteiger partial charge in [-0.3, -0.25) is 4.79 Å². The van der Waals surface area contributed by atoms with Crippen LogP contribution in [0.1, 0.15) is 19.3 Å². The van der Waals surface area contributed by atoms with Crippen molar-refractivity contribution in [2.24, 2.45) is 0 Å². The Morgan fingerprint density at radius 3 is 2.95 bits per heavy atom. The molecule has 4 nitrogen and oxygen atoms in total. The van der Waals surface area contributed by atoms with Crippen LogP contribution < -0.4 is 10.1 Å². The van der Waals surface area contributed by atoms with Crippen LogP contribution in [0.4, 0.5) is 4.39 Å². The molecule has 0 bridgehead atoms. The van der Waals surface area contributed by atoms with Crippen LogP contribution in [0.3, 0.4) is 0 Å². The molecule has 20 heavy (non-hydrogen) atoms. The lowest BCUT2D eigenvalue weighted by Crippen LogP contribution is -2.48. The Morgan fingerprint density at radius 2 is 2.25 bits per heavy atom. The van der Waals surface area contributed by atoms with E-state index in [0.29, 0.717) is 6.54 Å². The van der Waals surface area contributed by atoms with Gasteiger partial charge in [-0.05, 0) is 31.5 Å². The second-order valence-corrected chi connectivity index (χ2v) is 5.04. The number of para-hydroxylation sites is 1. The van der Waals surface area contributed by atoms with E-state index in [2.05, 4.69) is 5.32 Å². The van der Waals surface area contributed by atoms with Crippen LogP contribution in [-0.4, -0.2) is 43.6 Å². The highest BCUT2D eigenvalue weighted by Gasteiger charge is 2.23. The van der Waals surface area contributed by atoms with Crippen LogP contribution in [0.15, 0.2) is 24.3 Å². The number of carbonyl (C=O) groups is 1. The number of benzene rings is 1. The molecule has 1 N–H and O–H groups in total. The van der Waals surface area contributed by atoms with E-state index in [0.717, 1.165) is 25.8 Å². The van der Waals surface area contributed by atoms with E-state index in [1.165, 1.54) is 6.07 Å². The van der Waals surface area contributed by atoms with Gasteiger partial charge in [0.2, 0.25) is 5.91 Å². The second kappa shape index (κ2) is 7.24. The van der Waals surface area contributed by atoms with E-state index < -0.39 is 0 Å². The van der Waals surface area contributed by atoms with Gasteiger partial charge in [0.15, 0.2) is 11.6 Å². The molecule has 0 aliphatic carbocycles. The molecule has 1 amide bonds. The molecule has 1 heterocycles. The number of ether oxygens (including phenoxy) is 1. The SMILES string of the molecule is CN(CCOc1ccccc1F)C(=O)[C@@H]1CCCCN1. The van der Waals surface area contributed by atoms with Gasteiger partial charge in [-0.15, -0.1) is 0 Å². The van der Waals surface area contributed by atoms with Gasteiger partial charge >= 0.3 is 0 Å². The van der Waals surface area contributed by atoms with E-state index >= 15 is 0 Å². The summed E-state index contributed by atoms with van der Waals surface area (Å²) in [6.45, 7) is 1.64. The highest BCUT2D eigenvalue weighted by molar-refractivity contribution is 5.81. The van der Waals surface area contributed by atoms with Gasteiger partial charge in [0, 0.05) is 7.05 Å². The zero-order chi connectivity index (χ0) is 14.4. The summed E-state index contributed by atoms with van der Waals surface area (Å²) < 4.78 is 18.7. The van der Waals surface area contributed by atoms with Crippen molar-refractivity contribution in [2.75, 3.05) is 26.7 Å². The molecule has 110 valence electrons. The maximum Gasteiger partial charge on any atom is 0.239 e. The largest absolute Gasteiger partial charge is 0.489 e. The second-order valence-electron chi connectivity index (χ2n) is 5.04. The van der Waals surface area contributed by atoms with Crippen molar-refractivity contribution < 1.29 is 13.9 Å². The summed E-state index contributed by atoms with van der Waals surface area (Å²) in [5.74, 6) is -0.0681. The fourth-order valence-corrected chi connectivity index (χ4v) is 2.29. The minimum Gasteiger partial charge on any atom is -0.489 e. The van der Waals surface area contributed by atoms with E-state index in [1.807, 2.05) is 0 Å². The summed E-state index contributed by atoms with van der Waals surface area (Å²) >= 11 is 0. The summed E-state index contributed by atoms with van der Waals surface area (Å²) in [7, 11) is 1.75. The Bertz CT molecular complexity index is 447. The number of nitrogens with one attached hydrogen (secondary N) is 1. The molecule has 1 aliphatic heterocycles. The number of nitrogens with zero attached hydrogens (tertiary/aromatic N) is 1. The molecule has 1 atom stereocenters. The third kappa shape index (κ3) is 3.93. The van der Waals surface area contributed by atoms with Gasteiger partial charge in [0.1, 0.15) is 6.61 Å². The number of hydrogen-bond acceptors (Lipinski definition) is 3. The average Bonchev–Trinajstić information content (AvgIpc) is 2.49. The first-order valence-corrected chi connectivity index (χ1v) is 7.04. The first-order valence-electron chi connectivity index (χ1n) is 7.04. The molecule has 2 rings (SSSR count). The van der Waals surface area contributed by atoms with Crippen molar-refractivity contribution in [3.05, 3.63) is 30.1 Å². The molecule has 5 heteroatoms. The molecular formula is C15H21FN2O2. The minimum absolute atomic E-state index is 0.0813. The third-order valence-corrected chi connectivity index (χ3v) is 3.51. The van der Waals surface area contributed by atoms with Crippen molar-refractivity contribution in [3.63, 3.8) is 0 Å². The minimum atomic E-state index is -0.379. The van der Waals surface area contributed by atoms with E-state index in [4.69, 9.17) is 4.74 Å². The van der Waals surface area contributed by atoms with E-state index in [-0.39, 0.29) is 30.1 Å². The lowest BCUT2D eigenvalue weighted by atomic mass is 10.0. The molecular weight excluding hydrogens is 259 g/mol. The number of rotatable bonds is 5. The quantitative estimate of drug-likeness (QED) is 0.894. The van der Waals surface area contributed by atoms with Crippen LogP contribution >= 0.6 is 0 Å². The van der Waals surface area contributed by atoms with Gasteiger partial charge in [-0.2, -0.15) is 0 Å². The van der Waals surface area contributed by atoms with Crippen LogP contribution in [0.25, 0.3) is 0 Å². The molecule has 1 fully saturated rings. The maximum absolute atomic E-state index is 13.3. The molecule has 0 spiro atoms. The van der Waals surface area contributed by atoms with Crippen LogP contribution in [0, 0.1) is 5.82 Å². The fraction of sp³-hybridized carbons (Fsp3) is 0.533. The predicted octanol–water partition coefficient (Wildman–Crippen LogP) is 1.80. The highest BCUT2D eigenvalue weighted by atomic mass is 19.1. The Hall–Kier alpha value is -1.62. The lowest BCUT2D eigenvalue weighted by Gasteiger charge is -2.27. The van der Waals surface area contributed by atoms with Crippen molar-refractivity contribution in [1.29, 1.82) is 0 Å². The summed E-state index contributed by atoms with van der Waals surface area (Å²) in [5, 5.41) is 3.22. The average molecular weight is 280 g/mol. The topological polar surface area (TPSA) is 41.6 Å². The summed E-state index contributed by atoms with van der Waals surface area (Å²) in [6.07, 6.45) is 3.10. The third-order valence-electron chi connectivity index (χ3n) is 3.51. The molecule has 0 aromatic heterocycles. The molecule has 1 aromatic carbocycles. The summed E-state index contributed by atoms with van der Waals surface area (Å²) in [4.78, 5) is 13.8. The lowest BCUT2D eigenvalue weighted by molar-refractivity contribution is -0.133. The van der Waals surface area contributed by atoms with Crippen molar-refractivity contribution >= 4 is 5.91 Å². The van der Waals surface area contributed by atoms with Crippen molar-refractivity contribution in [3.8, 4) is 5.75 Å². The fourth-order valence-electron chi connectivity index (χ4n) is 2.29. The first-order chi connectivity index (χ1) is 9.68. The molecule has 1 aliphatic rings. The Labute approximate surface area is 118 Å². The number of piperidine rings is 1. The Kier molecular flexibility index (Phi) is 5.35. The molecule has 1 saturated heterocycles. The standard InChI is InChI=1S/C15H21FN2O2/c1-18(15(19)13-7-4-5-9-17-13)10-11-20-14-8-3-2-6-12(14)16/h2-3,6,8,13,17H,4-5,7,9-11H2,1H3/t13-/m0/s1. The first kappa shape index (κ1) is 14.8. The molecule has 0 saturated carbocycles. The smallest absolute Gasteiger partial charge is 0.239 e. The van der Waals surface area contributed by atoms with Crippen LogP contribution in [0.5, 0.6) is 5.75 Å². The van der Waals surface area contributed by atoms with Gasteiger partial charge in [0.05, 0.1) is 12.6 Å². The molecule has 1 aromatic rings. The monoisotopic (exact) mass is 280 g/mol. The number of hydrogen-bond donors (Lipinski definition) is 1. The van der Waals surface area contributed by atoms with Crippen LogP contribution in [0.2, 0.25) is 0 Å². The highest BCUT2D eigenvalue weighted by Crippen LogP contribution is 2.15. The number of likely N-dealkylation sites (N-methyl/N-ethyl adjacent to an activating group) is 1. The van der Waals surface area contributed by atoms with Gasteiger partial charge in [0.25, 0.3) is 0 Å². The van der Waals surface area contributed by atoms with Gasteiger partial charge < -0.3 is 15.0 Å². The normalized spacial score (nSPS) is 18.6. The Morgan fingerprint density at radius 1 is 1.45 bits per heavy atom. The predicted molar refractivity (Wildman–Crippen MR) is 75.2 cm³/mol. The van der Waals surface area contributed by atoms with Gasteiger partial charge in [-0.1, -0.05) is 18.6 Å². The van der Waals surface area contributed by atoms with E-state index in [9.17, 15) is 9.18 Å². The van der Waals surface area contributed by atoms with Crippen molar-refractivity contribution in [2.45, 2.75) is 25.3 Å². The Balaban J connectivity index is 1.75. The summed E-state index contributed by atoms with van der Waals surface area (Å²) in [5.41, 5.74) is 0. The van der Waals surface area contributed by atoms with Gasteiger partial charge in [-0.25, -0.2) is 4.39 Å². The summed E-state index contributed by atoms with van der Waals surface area (Å²) in [6, 6.07) is 6.20. The van der Waals surface area contributed by atoms with Crippen LogP contribution in [-0.2, 0) is 4.79 Å². The number of amides is 1. The van der Waals surface area contributed by atoms with E-state index in [1.54, 1.807) is 30.1 Å². The number of halogens is 1. The maximum atomic E-state index is 13.3. The van der Waals surface area contributed by atoms with Crippen molar-refractivity contribution in [1.82, 2.24) is 10.2 Å². The molecule has 0 radical (unpaired) electrons. The zero-order valence-electron chi connectivity index (χ0n) is 11.8. The zero-order valence-corrected chi connectivity index (χ0v) is 11.8. The number of carbonyl (C=O) groups excluding carboxylic acids is 1. The molecule has 0 unspecified atom stereocenters.